The van der Waals surface area contributed by atoms with Crippen molar-refractivity contribution < 1.29 is 19.4 Å². The fraction of sp³-hybridized carbons (Fsp3) is 0.333. The molecule has 1 unspecified atom stereocenters. The standard InChI is InChI=1S/C21H23N3O4S/c1-21(2,3)17(18(25)26)24-16-8-6-5-7-15(16)23-20(24)29-12-13-9-14(11-22-10-13)19(27)28-4/h5-11,17H,12H2,1-4H3,(H,25,26). The molecule has 1 aromatic carbocycles. The number of hydrogen-bond acceptors (Lipinski definition) is 6. The Morgan fingerprint density at radius 3 is 2.62 bits per heavy atom. The number of nitrogens with zero attached hydrogens (tertiary/aromatic N) is 3. The SMILES string of the molecule is COC(=O)c1cncc(CSc2nc3ccccc3n2C(C(=O)O)C(C)(C)C)c1. The molecule has 29 heavy (non-hydrogen) atoms. The van der Waals surface area contributed by atoms with Gasteiger partial charge >= 0.3 is 11.9 Å². The predicted octanol–water partition coefficient (Wildman–Crippen LogP) is 4.18. The van der Waals surface area contributed by atoms with Crippen LogP contribution >= 0.6 is 11.8 Å². The van der Waals surface area contributed by atoms with Crippen LogP contribution in [-0.2, 0) is 15.3 Å². The molecule has 0 aliphatic rings. The molecule has 1 atom stereocenters. The maximum Gasteiger partial charge on any atom is 0.339 e. The number of fused-ring (bicyclic) bond motifs is 1. The van der Waals surface area contributed by atoms with Gasteiger partial charge < -0.3 is 14.4 Å². The summed E-state index contributed by atoms with van der Waals surface area (Å²) in [5, 5.41) is 10.6. The van der Waals surface area contributed by atoms with E-state index in [4.69, 9.17) is 4.74 Å². The number of hydrogen-bond donors (Lipinski definition) is 1. The van der Waals surface area contributed by atoms with E-state index in [2.05, 4.69) is 9.97 Å². The van der Waals surface area contributed by atoms with E-state index in [9.17, 15) is 14.7 Å². The first-order chi connectivity index (χ1) is 13.7. The quantitative estimate of drug-likeness (QED) is 0.478. The fourth-order valence-electron chi connectivity index (χ4n) is 3.19. The van der Waals surface area contributed by atoms with Gasteiger partial charge in [-0.05, 0) is 29.2 Å². The second-order valence-electron chi connectivity index (χ2n) is 7.72. The van der Waals surface area contributed by atoms with E-state index in [-0.39, 0.29) is 0 Å². The first kappa shape index (κ1) is 20.9. The summed E-state index contributed by atoms with van der Waals surface area (Å²) in [5.41, 5.74) is 2.19. The van der Waals surface area contributed by atoms with Crippen LogP contribution in [0.4, 0.5) is 0 Å². The lowest BCUT2D eigenvalue weighted by atomic mass is 9.86. The molecule has 0 spiro atoms. The highest BCUT2D eigenvalue weighted by atomic mass is 32.2. The van der Waals surface area contributed by atoms with Crippen LogP contribution < -0.4 is 0 Å². The number of para-hydroxylation sites is 2. The summed E-state index contributed by atoms with van der Waals surface area (Å²) in [7, 11) is 1.32. The monoisotopic (exact) mass is 413 g/mol. The number of ether oxygens (including phenoxy) is 1. The van der Waals surface area contributed by atoms with Crippen molar-refractivity contribution in [3.63, 3.8) is 0 Å². The number of carboxylic acids is 1. The lowest BCUT2D eigenvalue weighted by molar-refractivity contribution is -0.144. The Kier molecular flexibility index (Phi) is 5.93. The van der Waals surface area contributed by atoms with Crippen molar-refractivity contribution in [2.24, 2.45) is 5.41 Å². The smallest absolute Gasteiger partial charge is 0.339 e. The van der Waals surface area contributed by atoms with E-state index in [1.165, 1.54) is 25.1 Å². The molecular formula is C21H23N3O4S. The maximum atomic E-state index is 12.1. The average molecular weight is 413 g/mol. The molecule has 0 radical (unpaired) electrons. The summed E-state index contributed by atoms with van der Waals surface area (Å²) in [5.74, 6) is -0.871. The Hall–Kier alpha value is -2.87. The van der Waals surface area contributed by atoms with Gasteiger partial charge in [-0.15, -0.1) is 0 Å². The number of aliphatic carboxylic acids is 1. The molecule has 0 fully saturated rings. The molecule has 2 heterocycles. The Morgan fingerprint density at radius 2 is 1.97 bits per heavy atom. The minimum absolute atomic E-state index is 0.372. The number of benzene rings is 1. The van der Waals surface area contributed by atoms with Crippen LogP contribution in [0.15, 0.2) is 47.9 Å². The van der Waals surface area contributed by atoms with Crippen LogP contribution in [0.3, 0.4) is 0 Å². The number of methoxy groups -OCH3 is 1. The van der Waals surface area contributed by atoms with E-state index in [0.717, 1.165) is 16.6 Å². The lowest BCUT2D eigenvalue weighted by Crippen LogP contribution is -2.31. The predicted molar refractivity (Wildman–Crippen MR) is 111 cm³/mol. The zero-order chi connectivity index (χ0) is 21.2. The summed E-state index contributed by atoms with van der Waals surface area (Å²) in [4.78, 5) is 32.7. The maximum absolute atomic E-state index is 12.1. The van der Waals surface area contributed by atoms with Crippen molar-refractivity contribution in [3.05, 3.63) is 53.9 Å². The van der Waals surface area contributed by atoms with Crippen molar-refractivity contribution >= 4 is 34.7 Å². The Bertz CT molecular complexity index is 1060. The van der Waals surface area contributed by atoms with Crippen molar-refractivity contribution in [1.29, 1.82) is 0 Å². The molecule has 0 aliphatic heterocycles. The molecule has 0 amide bonds. The Balaban J connectivity index is 2.00. The molecule has 3 rings (SSSR count). The van der Waals surface area contributed by atoms with Gasteiger partial charge in [0.15, 0.2) is 5.16 Å². The van der Waals surface area contributed by atoms with E-state index < -0.39 is 23.4 Å². The first-order valence-electron chi connectivity index (χ1n) is 9.07. The van der Waals surface area contributed by atoms with Crippen LogP contribution in [0.5, 0.6) is 0 Å². The molecule has 0 saturated heterocycles. The third-order valence-corrected chi connectivity index (χ3v) is 5.48. The molecule has 1 N–H and O–H groups in total. The zero-order valence-electron chi connectivity index (χ0n) is 16.7. The van der Waals surface area contributed by atoms with Gasteiger partial charge in [-0.2, -0.15) is 0 Å². The number of carboxylic acid groups (broad SMARTS) is 1. The summed E-state index contributed by atoms with van der Waals surface area (Å²) >= 11 is 1.41. The normalized spacial score (nSPS) is 12.7. The van der Waals surface area contributed by atoms with E-state index in [0.29, 0.717) is 16.5 Å². The molecule has 0 saturated carbocycles. The third-order valence-electron chi connectivity index (χ3n) is 4.46. The second-order valence-corrected chi connectivity index (χ2v) is 8.66. The topological polar surface area (TPSA) is 94.3 Å². The first-order valence-corrected chi connectivity index (χ1v) is 10.1. The van der Waals surface area contributed by atoms with Crippen LogP contribution in [-0.4, -0.2) is 38.7 Å². The van der Waals surface area contributed by atoms with E-state index in [1.54, 1.807) is 16.8 Å². The number of thioether (sulfide) groups is 1. The molecule has 8 heteroatoms. The van der Waals surface area contributed by atoms with Gasteiger partial charge in [-0.3, -0.25) is 4.98 Å². The molecule has 0 aliphatic carbocycles. The van der Waals surface area contributed by atoms with Gasteiger partial charge in [0.25, 0.3) is 0 Å². The molecule has 3 aromatic rings. The van der Waals surface area contributed by atoms with Gasteiger partial charge in [0.1, 0.15) is 6.04 Å². The molecule has 2 aromatic heterocycles. The fourth-order valence-corrected chi connectivity index (χ4v) is 4.15. The van der Waals surface area contributed by atoms with Crippen LogP contribution in [0.25, 0.3) is 11.0 Å². The Morgan fingerprint density at radius 1 is 1.24 bits per heavy atom. The van der Waals surface area contributed by atoms with Gasteiger partial charge in [-0.1, -0.05) is 44.7 Å². The average Bonchev–Trinajstić information content (AvgIpc) is 3.03. The van der Waals surface area contributed by atoms with Gasteiger partial charge in [0.05, 0.1) is 23.7 Å². The molecule has 152 valence electrons. The zero-order valence-corrected chi connectivity index (χ0v) is 17.6. The molecular weight excluding hydrogens is 390 g/mol. The van der Waals surface area contributed by atoms with Crippen LogP contribution in [0.2, 0.25) is 0 Å². The number of carbonyl (C=O) groups is 2. The summed E-state index contributed by atoms with van der Waals surface area (Å²) in [6.45, 7) is 5.70. The van der Waals surface area contributed by atoms with Crippen molar-refractivity contribution in [1.82, 2.24) is 14.5 Å². The highest BCUT2D eigenvalue weighted by Crippen LogP contribution is 2.38. The summed E-state index contributed by atoms with van der Waals surface area (Å²) in [6.07, 6.45) is 3.13. The lowest BCUT2D eigenvalue weighted by Gasteiger charge is -2.29. The minimum atomic E-state index is -0.906. The molecule has 7 nitrogen and oxygen atoms in total. The van der Waals surface area contributed by atoms with Crippen LogP contribution in [0.1, 0.15) is 42.7 Å². The second kappa shape index (κ2) is 8.24. The van der Waals surface area contributed by atoms with Gasteiger partial charge in [0.2, 0.25) is 0 Å². The number of rotatable bonds is 6. The van der Waals surface area contributed by atoms with Crippen molar-refractivity contribution in [2.45, 2.75) is 37.7 Å². The highest BCUT2D eigenvalue weighted by molar-refractivity contribution is 7.98. The van der Waals surface area contributed by atoms with Crippen molar-refractivity contribution in [3.8, 4) is 0 Å². The van der Waals surface area contributed by atoms with Crippen molar-refractivity contribution in [2.75, 3.05) is 7.11 Å². The third kappa shape index (κ3) is 4.42. The highest BCUT2D eigenvalue weighted by Gasteiger charge is 2.35. The van der Waals surface area contributed by atoms with E-state index >= 15 is 0 Å². The number of carbonyl (C=O) groups excluding carboxylic acids is 1. The minimum Gasteiger partial charge on any atom is -0.480 e. The van der Waals surface area contributed by atoms with Gasteiger partial charge in [-0.25, -0.2) is 14.6 Å². The summed E-state index contributed by atoms with van der Waals surface area (Å²) < 4.78 is 6.53. The van der Waals surface area contributed by atoms with Crippen LogP contribution in [0, 0.1) is 5.41 Å². The molecule has 0 bridgehead atoms. The number of esters is 1. The number of aromatic nitrogens is 3. The number of imidazole rings is 1. The number of pyridine rings is 1. The summed E-state index contributed by atoms with van der Waals surface area (Å²) in [6, 6.07) is 8.45. The van der Waals surface area contributed by atoms with E-state index in [1.807, 2.05) is 45.0 Å². The largest absolute Gasteiger partial charge is 0.480 e. The van der Waals surface area contributed by atoms with Gasteiger partial charge in [0, 0.05) is 18.1 Å². The Labute approximate surface area is 173 Å².